The Morgan fingerprint density at radius 3 is 2.24 bits per heavy atom. The lowest BCUT2D eigenvalue weighted by atomic mass is 9.89. The largest absolute Gasteiger partial charge is 0.342 e. The van der Waals surface area contributed by atoms with Gasteiger partial charge >= 0.3 is 0 Å². The van der Waals surface area contributed by atoms with Crippen molar-refractivity contribution in [2.45, 2.75) is 33.1 Å². The number of piperidine rings is 1. The first kappa shape index (κ1) is 15.8. The van der Waals surface area contributed by atoms with Crippen molar-refractivity contribution in [3.8, 4) is 0 Å². The summed E-state index contributed by atoms with van der Waals surface area (Å²) in [5.41, 5.74) is -0.430. The molecular weight excluding hydrogens is 288 g/mol. The van der Waals surface area contributed by atoms with Crippen molar-refractivity contribution >= 4 is 29.1 Å². The molecule has 0 aromatic heterocycles. The Hall–Kier alpha value is -1.55. The number of nitrogens with one attached hydrogen (secondary N) is 1. The first-order valence-corrected chi connectivity index (χ1v) is 7.65. The number of nitrogens with zero attached hydrogens (tertiary/aromatic N) is 1. The monoisotopic (exact) mass is 308 g/mol. The minimum atomic E-state index is -1.07. The first-order chi connectivity index (χ1) is 9.91. The van der Waals surface area contributed by atoms with Gasteiger partial charge in [0.1, 0.15) is 5.41 Å². The van der Waals surface area contributed by atoms with Crippen LogP contribution < -0.4 is 5.32 Å². The van der Waals surface area contributed by atoms with E-state index in [-0.39, 0.29) is 11.8 Å². The van der Waals surface area contributed by atoms with Crippen LogP contribution in [0.2, 0.25) is 5.02 Å². The Morgan fingerprint density at radius 2 is 1.67 bits per heavy atom. The van der Waals surface area contributed by atoms with E-state index in [4.69, 9.17) is 11.6 Å². The lowest BCUT2D eigenvalue weighted by Gasteiger charge is -2.33. The Bertz CT molecular complexity index is 520. The van der Waals surface area contributed by atoms with Gasteiger partial charge in [0.2, 0.25) is 11.8 Å². The number of hydrogen-bond donors (Lipinski definition) is 1. The molecule has 0 unspecified atom stereocenters. The van der Waals surface area contributed by atoms with Crippen LogP contribution in [0.5, 0.6) is 0 Å². The smallest absolute Gasteiger partial charge is 0.239 e. The molecule has 2 amide bonds. The van der Waals surface area contributed by atoms with Crippen molar-refractivity contribution in [3.05, 3.63) is 29.3 Å². The van der Waals surface area contributed by atoms with Crippen molar-refractivity contribution in [1.82, 2.24) is 4.90 Å². The molecule has 0 radical (unpaired) electrons. The molecule has 0 atom stereocenters. The fourth-order valence-electron chi connectivity index (χ4n) is 2.41. The zero-order valence-corrected chi connectivity index (χ0v) is 13.2. The van der Waals surface area contributed by atoms with Crippen LogP contribution in [0.3, 0.4) is 0 Å². The zero-order chi connectivity index (χ0) is 15.5. The maximum Gasteiger partial charge on any atom is 0.239 e. The highest BCUT2D eigenvalue weighted by atomic mass is 35.5. The number of amides is 2. The molecule has 21 heavy (non-hydrogen) atoms. The molecule has 1 aromatic rings. The van der Waals surface area contributed by atoms with E-state index < -0.39 is 5.41 Å². The van der Waals surface area contributed by atoms with Crippen molar-refractivity contribution in [1.29, 1.82) is 0 Å². The number of likely N-dealkylation sites (tertiary alicyclic amines) is 1. The van der Waals surface area contributed by atoms with Gasteiger partial charge in [0, 0.05) is 23.8 Å². The number of carbonyl (C=O) groups is 2. The molecule has 4 nitrogen and oxygen atoms in total. The molecule has 0 spiro atoms. The van der Waals surface area contributed by atoms with E-state index in [1.165, 1.54) is 0 Å². The third-order valence-corrected chi connectivity index (χ3v) is 4.10. The van der Waals surface area contributed by atoms with Crippen molar-refractivity contribution in [2.24, 2.45) is 5.41 Å². The average molecular weight is 309 g/mol. The summed E-state index contributed by atoms with van der Waals surface area (Å²) in [6, 6.07) is 6.86. The van der Waals surface area contributed by atoms with Gasteiger partial charge in [-0.25, -0.2) is 0 Å². The van der Waals surface area contributed by atoms with Crippen LogP contribution in [0.15, 0.2) is 24.3 Å². The molecule has 1 heterocycles. The summed E-state index contributed by atoms with van der Waals surface area (Å²) >= 11 is 5.82. The molecule has 5 heteroatoms. The molecule has 1 aliphatic rings. The zero-order valence-electron chi connectivity index (χ0n) is 12.5. The predicted octanol–water partition coefficient (Wildman–Crippen LogP) is 3.32. The van der Waals surface area contributed by atoms with E-state index in [2.05, 4.69) is 5.32 Å². The number of benzene rings is 1. The molecular formula is C16H21ClN2O2. The minimum absolute atomic E-state index is 0.103. The first-order valence-electron chi connectivity index (χ1n) is 7.27. The maximum atomic E-state index is 12.5. The van der Waals surface area contributed by atoms with Gasteiger partial charge in [-0.1, -0.05) is 11.6 Å². The highest BCUT2D eigenvalue weighted by Gasteiger charge is 2.39. The number of hydrogen-bond acceptors (Lipinski definition) is 2. The van der Waals surface area contributed by atoms with E-state index in [1.54, 1.807) is 43.0 Å². The number of carbonyl (C=O) groups excluding carboxylic acids is 2. The van der Waals surface area contributed by atoms with Crippen molar-refractivity contribution < 1.29 is 9.59 Å². The minimum Gasteiger partial charge on any atom is -0.342 e. The molecule has 1 N–H and O–H groups in total. The fourth-order valence-corrected chi connectivity index (χ4v) is 2.54. The molecule has 0 saturated carbocycles. The Labute approximate surface area is 130 Å². The van der Waals surface area contributed by atoms with Crippen LogP contribution in [-0.4, -0.2) is 29.8 Å². The summed E-state index contributed by atoms with van der Waals surface area (Å²) in [6.07, 6.45) is 3.18. The van der Waals surface area contributed by atoms with Crippen LogP contribution in [0.25, 0.3) is 0 Å². The number of rotatable bonds is 3. The Kier molecular flexibility index (Phi) is 4.88. The van der Waals surface area contributed by atoms with Gasteiger partial charge in [-0.3, -0.25) is 9.59 Å². The summed E-state index contributed by atoms with van der Waals surface area (Å²) in [7, 11) is 0. The van der Waals surface area contributed by atoms with Gasteiger partial charge in [0.25, 0.3) is 0 Å². The predicted molar refractivity (Wildman–Crippen MR) is 84.3 cm³/mol. The van der Waals surface area contributed by atoms with E-state index in [0.717, 1.165) is 32.4 Å². The topological polar surface area (TPSA) is 49.4 Å². The maximum absolute atomic E-state index is 12.5. The van der Waals surface area contributed by atoms with Gasteiger partial charge in [0.15, 0.2) is 0 Å². The number of anilines is 1. The molecule has 2 rings (SSSR count). The molecule has 1 fully saturated rings. The molecule has 0 bridgehead atoms. The van der Waals surface area contributed by atoms with Crippen LogP contribution in [-0.2, 0) is 9.59 Å². The molecule has 1 aromatic carbocycles. The van der Waals surface area contributed by atoms with E-state index in [1.807, 2.05) is 0 Å². The van der Waals surface area contributed by atoms with Crippen LogP contribution in [0.4, 0.5) is 5.69 Å². The summed E-state index contributed by atoms with van der Waals surface area (Å²) in [5, 5.41) is 3.39. The Morgan fingerprint density at radius 1 is 1.10 bits per heavy atom. The Balaban J connectivity index is 2.04. The van der Waals surface area contributed by atoms with Crippen molar-refractivity contribution in [2.75, 3.05) is 18.4 Å². The summed E-state index contributed by atoms with van der Waals surface area (Å²) < 4.78 is 0. The second-order valence-electron chi connectivity index (χ2n) is 5.94. The molecule has 1 saturated heterocycles. The summed E-state index contributed by atoms with van der Waals surface area (Å²) in [4.78, 5) is 26.8. The third-order valence-electron chi connectivity index (χ3n) is 3.85. The standard InChI is InChI=1S/C16H21ClN2O2/c1-16(2,15(21)19-10-4-3-5-11-19)14(20)18-13-8-6-12(17)7-9-13/h6-9H,3-5,10-11H2,1-2H3,(H,18,20). The van der Waals surface area contributed by atoms with Crippen LogP contribution >= 0.6 is 11.6 Å². The summed E-state index contributed by atoms with van der Waals surface area (Å²) in [5.74, 6) is -0.394. The second-order valence-corrected chi connectivity index (χ2v) is 6.38. The quantitative estimate of drug-likeness (QED) is 0.871. The lowest BCUT2D eigenvalue weighted by Crippen LogP contribution is -2.48. The molecule has 114 valence electrons. The second kappa shape index (κ2) is 6.48. The third kappa shape index (κ3) is 3.76. The van der Waals surface area contributed by atoms with Crippen molar-refractivity contribution in [3.63, 3.8) is 0 Å². The van der Waals surface area contributed by atoms with Crippen LogP contribution in [0.1, 0.15) is 33.1 Å². The van der Waals surface area contributed by atoms with Gasteiger partial charge in [0.05, 0.1) is 0 Å². The van der Waals surface area contributed by atoms with E-state index >= 15 is 0 Å². The van der Waals surface area contributed by atoms with Gasteiger partial charge in [-0.15, -0.1) is 0 Å². The van der Waals surface area contributed by atoms with Gasteiger partial charge in [-0.2, -0.15) is 0 Å². The number of halogens is 1. The highest BCUT2D eigenvalue weighted by molar-refractivity contribution is 6.30. The normalized spacial score (nSPS) is 15.7. The lowest BCUT2D eigenvalue weighted by molar-refractivity contribution is -0.147. The van der Waals surface area contributed by atoms with Gasteiger partial charge < -0.3 is 10.2 Å². The molecule has 1 aliphatic heterocycles. The molecule has 0 aliphatic carbocycles. The summed E-state index contributed by atoms with van der Waals surface area (Å²) in [6.45, 7) is 4.84. The van der Waals surface area contributed by atoms with Crippen LogP contribution in [0, 0.1) is 5.41 Å². The SMILES string of the molecule is CC(C)(C(=O)Nc1ccc(Cl)cc1)C(=O)N1CCCCC1. The average Bonchev–Trinajstić information content (AvgIpc) is 2.49. The van der Waals surface area contributed by atoms with Gasteiger partial charge in [-0.05, 0) is 57.4 Å². The fraction of sp³-hybridized carbons (Fsp3) is 0.500. The highest BCUT2D eigenvalue weighted by Crippen LogP contribution is 2.24. The van der Waals surface area contributed by atoms with E-state index in [9.17, 15) is 9.59 Å². The van der Waals surface area contributed by atoms with E-state index in [0.29, 0.717) is 10.7 Å².